The summed E-state index contributed by atoms with van der Waals surface area (Å²) in [5.74, 6) is 0.372. The molecule has 0 atom stereocenters. The number of carbonyl (C=O) groups excluding carboxylic acids is 2. The lowest BCUT2D eigenvalue weighted by atomic mass is 10.2. The minimum absolute atomic E-state index is 0.280. The molecule has 1 rings (SSSR count). The number of hydrogen-bond acceptors (Lipinski definition) is 4. The maximum absolute atomic E-state index is 11.3. The lowest BCUT2D eigenvalue weighted by Gasteiger charge is -1.99. The van der Waals surface area contributed by atoms with E-state index in [9.17, 15) is 9.59 Å². The van der Waals surface area contributed by atoms with Crippen LogP contribution >= 0.6 is 0 Å². The summed E-state index contributed by atoms with van der Waals surface area (Å²) < 4.78 is 10.0. The molecule has 0 aliphatic carbocycles. The zero-order valence-corrected chi connectivity index (χ0v) is 9.57. The number of aryl methyl sites for hydroxylation is 1. The van der Waals surface area contributed by atoms with Crippen LogP contribution in [-0.4, -0.2) is 18.9 Å². The molecule has 86 valence electrons. The lowest BCUT2D eigenvalue weighted by Crippen LogP contribution is -2.04. The predicted octanol–water partition coefficient (Wildman–Crippen LogP) is 2.37. The van der Waals surface area contributed by atoms with Crippen LogP contribution in [0.5, 0.6) is 0 Å². The van der Waals surface area contributed by atoms with Gasteiger partial charge in [0, 0.05) is 5.57 Å². The van der Waals surface area contributed by atoms with Crippen LogP contribution in [0.4, 0.5) is 0 Å². The van der Waals surface area contributed by atoms with Gasteiger partial charge in [-0.2, -0.15) is 0 Å². The van der Waals surface area contributed by atoms with Gasteiger partial charge in [-0.3, -0.25) is 4.79 Å². The van der Waals surface area contributed by atoms with Gasteiger partial charge in [0.15, 0.2) is 12.0 Å². The predicted molar refractivity (Wildman–Crippen MR) is 59.1 cm³/mol. The number of ether oxygens (including phenoxy) is 1. The third-order valence-corrected chi connectivity index (χ3v) is 2.04. The molecular formula is C12H14O4. The maximum Gasteiger partial charge on any atom is 0.333 e. The SMILES string of the molecule is CCOC(=O)/C(C)=C\c1cc(C)c(C=O)o1. The van der Waals surface area contributed by atoms with Gasteiger partial charge in [-0.25, -0.2) is 4.79 Å². The largest absolute Gasteiger partial charge is 0.463 e. The van der Waals surface area contributed by atoms with Crippen LogP contribution in [0.3, 0.4) is 0 Å². The molecule has 0 aliphatic heterocycles. The van der Waals surface area contributed by atoms with Crippen molar-refractivity contribution in [1.82, 2.24) is 0 Å². The zero-order valence-electron chi connectivity index (χ0n) is 9.57. The van der Waals surface area contributed by atoms with Crippen molar-refractivity contribution in [3.8, 4) is 0 Å². The molecule has 0 unspecified atom stereocenters. The van der Waals surface area contributed by atoms with Crippen LogP contribution < -0.4 is 0 Å². The fraction of sp³-hybridized carbons (Fsp3) is 0.333. The monoisotopic (exact) mass is 222 g/mol. The molecule has 1 heterocycles. The molecule has 0 saturated carbocycles. The third kappa shape index (κ3) is 2.82. The Balaban J connectivity index is 2.89. The summed E-state index contributed by atoms with van der Waals surface area (Å²) in [7, 11) is 0. The van der Waals surface area contributed by atoms with Gasteiger partial charge in [0.2, 0.25) is 0 Å². The molecule has 0 N–H and O–H groups in total. The smallest absolute Gasteiger partial charge is 0.333 e. The van der Waals surface area contributed by atoms with Crippen LogP contribution in [0.25, 0.3) is 6.08 Å². The van der Waals surface area contributed by atoms with Crippen LogP contribution in [-0.2, 0) is 9.53 Å². The van der Waals surface area contributed by atoms with E-state index < -0.39 is 0 Å². The van der Waals surface area contributed by atoms with Crippen molar-refractivity contribution < 1.29 is 18.7 Å². The number of hydrogen-bond donors (Lipinski definition) is 0. The molecule has 1 aromatic heterocycles. The van der Waals surface area contributed by atoms with Crippen molar-refractivity contribution in [2.24, 2.45) is 0 Å². The molecular weight excluding hydrogens is 208 g/mol. The quantitative estimate of drug-likeness (QED) is 0.446. The topological polar surface area (TPSA) is 56.5 Å². The highest BCUT2D eigenvalue weighted by Gasteiger charge is 2.08. The van der Waals surface area contributed by atoms with E-state index in [1.807, 2.05) is 0 Å². The summed E-state index contributed by atoms with van der Waals surface area (Å²) in [6.45, 7) is 5.48. The zero-order chi connectivity index (χ0) is 12.1. The van der Waals surface area contributed by atoms with E-state index in [0.29, 0.717) is 24.2 Å². The van der Waals surface area contributed by atoms with E-state index in [2.05, 4.69) is 0 Å². The number of carbonyl (C=O) groups is 2. The Morgan fingerprint density at radius 2 is 2.25 bits per heavy atom. The Hall–Kier alpha value is -1.84. The first kappa shape index (κ1) is 12.2. The fourth-order valence-corrected chi connectivity index (χ4v) is 1.23. The maximum atomic E-state index is 11.3. The second-order valence-electron chi connectivity index (χ2n) is 3.36. The van der Waals surface area contributed by atoms with E-state index in [-0.39, 0.29) is 11.7 Å². The van der Waals surface area contributed by atoms with E-state index in [1.54, 1.807) is 32.9 Å². The minimum Gasteiger partial charge on any atom is -0.463 e. The first-order valence-electron chi connectivity index (χ1n) is 4.99. The average Bonchev–Trinajstić information content (AvgIpc) is 2.59. The molecule has 0 amide bonds. The van der Waals surface area contributed by atoms with Gasteiger partial charge in [-0.1, -0.05) is 0 Å². The fourth-order valence-electron chi connectivity index (χ4n) is 1.23. The third-order valence-electron chi connectivity index (χ3n) is 2.04. The molecule has 0 spiro atoms. The molecule has 0 aliphatic rings. The van der Waals surface area contributed by atoms with E-state index >= 15 is 0 Å². The van der Waals surface area contributed by atoms with Crippen LogP contribution in [0.15, 0.2) is 16.1 Å². The van der Waals surface area contributed by atoms with E-state index in [1.165, 1.54) is 0 Å². The molecule has 0 radical (unpaired) electrons. The van der Waals surface area contributed by atoms with Gasteiger partial charge in [0.25, 0.3) is 0 Å². The Labute approximate surface area is 93.9 Å². The first-order valence-corrected chi connectivity index (χ1v) is 4.99. The molecule has 1 aromatic rings. The van der Waals surface area contributed by atoms with E-state index in [0.717, 1.165) is 5.56 Å². The standard InChI is InChI=1S/C12H14O4/c1-4-15-12(14)9(3)6-10-5-8(2)11(7-13)16-10/h5-7H,4H2,1-3H3/b9-6-. The van der Waals surface area contributed by atoms with Crippen LogP contribution in [0, 0.1) is 6.92 Å². The van der Waals surface area contributed by atoms with Gasteiger partial charge in [-0.05, 0) is 38.5 Å². The summed E-state index contributed by atoms with van der Waals surface area (Å²) in [6.07, 6.45) is 2.20. The summed E-state index contributed by atoms with van der Waals surface area (Å²) in [4.78, 5) is 21.9. The van der Waals surface area contributed by atoms with Gasteiger partial charge in [0.05, 0.1) is 6.61 Å². The Morgan fingerprint density at radius 1 is 1.56 bits per heavy atom. The van der Waals surface area contributed by atoms with Crippen molar-refractivity contribution in [3.63, 3.8) is 0 Å². The van der Waals surface area contributed by atoms with Crippen molar-refractivity contribution in [2.75, 3.05) is 6.61 Å². The molecule has 4 heteroatoms. The highest BCUT2D eigenvalue weighted by molar-refractivity contribution is 5.92. The van der Waals surface area contributed by atoms with E-state index in [4.69, 9.17) is 9.15 Å². The molecule has 0 saturated heterocycles. The summed E-state index contributed by atoms with van der Waals surface area (Å²) in [6, 6.07) is 1.70. The number of aldehydes is 1. The number of rotatable bonds is 4. The normalized spacial score (nSPS) is 11.3. The second-order valence-corrected chi connectivity index (χ2v) is 3.36. The number of furan rings is 1. The molecule has 16 heavy (non-hydrogen) atoms. The Morgan fingerprint density at radius 3 is 2.75 bits per heavy atom. The van der Waals surface area contributed by atoms with Gasteiger partial charge >= 0.3 is 5.97 Å². The average molecular weight is 222 g/mol. The number of esters is 1. The van der Waals surface area contributed by atoms with Crippen molar-refractivity contribution in [3.05, 3.63) is 28.7 Å². The van der Waals surface area contributed by atoms with Crippen LogP contribution in [0.1, 0.15) is 35.7 Å². The summed E-state index contributed by atoms with van der Waals surface area (Å²) >= 11 is 0. The summed E-state index contributed by atoms with van der Waals surface area (Å²) in [5.41, 5.74) is 1.19. The molecule has 0 aromatic carbocycles. The van der Waals surface area contributed by atoms with Gasteiger partial charge in [0.1, 0.15) is 5.76 Å². The Kier molecular flexibility index (Phi) is 4.05. The molecule has 4 nitrogen and oxygen atoms in total. The van der Waals surface area contributed by atoms with Crippen LogP contribution in [0.2, 0.25) is 0 Å². The Bertz CT molecular complexity index is 426. The van der Waals surface area contributed by atoms with Crippen molar-refractivity contribution in [2.45, 2.75) is 20.8 Å². The minimum atomic E-state index is -0.385. The molecule has 0 fully saturated rings. The first-order chi connectivity index (χ1) is 7.58. The van der Waals surface area contributed by atoms with Crippen molar-refractivity contribution in [1.29, 1.82) is 0 Å². The highest BCUT2D eigenvalue weighted by atomic mass is 16.5. The lowest BCUT2D eigenvalue weighted by molar-refractivity contribution is -0.138. The highest BCUT2D eigenvalue weighted by Crippen LogP contribution is 2.16. The second kappa shape index (κ2) is 5.30. The van der Waals surface area contributed by atoms with Gasteiger partial charge < -0.3 is 9.15 Å². The van der Waals surface area contributed by atoms with Gasteiger partial charge in [-0.15, -0.1) is 0 Å². The summed E-state index contributed by atoms with van der Waals surface area (Å²) in [5, 5.41) is 0. The molecule has 0 bridgehead atoms. The van der Waals surface area contributed by atoms with Crippen molar-refractivity contribution >= 4 is 18.3 Å².